The molecular weight excluding hydrogens is 414 g/mol. The van der Waals surface area contributed by atoms with Gasteiger partial charge in [0.1, 0.15) is 0 Å². The predicted molar refractivity (Wildman–Crippen MR) is 130 cm³/mol. The monoisotopic (exact) mass is 437 g/mol. The van der Waals surface area contributed by atoms with Crippen molar-refractivity contribution in [1.29, 1.82) is 0 Å². The Kier molecular flexibility index (Phi) is 5.28. The molecule has 1 amide bonds. The zero-order valence-electron chi connectivity index (χ0n) is 17.7. The van der Waals surface area contributed by atoms with Crippen molar-refractivity contribution in [2.45, 2.75) is 33.2 Å². The van der Waals surface area contributed by atoms with Crippen molar-refractivity contribution in [2.75, 3.05) is 11.9 Å². The lowest BCUT2D eigenvalue weighted by Gasteiger charge is -2.40. The molecule has 0 unspecified atom stereocenters. The van der Waals surface area contributed by atoms with Crippen LogP contribution in [0, 0.1) is 6.92 Å². The number of amides is 1. The number of carbonyl (C=O) groups excluding carboxylic acids is 1. The average Bonchev–Trinajstić information content (AvgIpc) is 3.02. The molecule has 2 aromatic carbocycles. The van der Waals surface area contributed by atoms with Crippen LogP contribution in [0.25, 0.3) is 11.6 Å². The number of aryl methyl sites for hydroxylation is 1. The van der Waals surface area contributed by atoms with Gasteiger partial charge in [-0.3, -0.25) is 4.79 Å². The molecule has 154 valence electrons. The Morgan fingerprint density at radius 1 is 1.20 bits per heavy atom. The summed E-state index contributed by atoms with van der Waals surface area (Å²) in [6.45, 7) is 8.47. The van der Waals surface area contributed by atoms with E-state index >= 15 is 0 Å². The van der Waals surface area contributed by atoms with E-state index in [2.05, 4.69) is 55.2 Å². The van der Waals surface area contributed by atoms with Gasteiger partial charge < -0.3 is 10.2 Å². The smallest absolute Gasteiger partial charge is 0.264 e. The molecule has 4 nitrogen and oxygen atoms in total. The molecule has 1 fully saturated rings. The van der Waals surface area contributed by atoms with Crippen molar-refractivity contribution in [2.24, 2.45) is 4.99 Å². The molecule has 4 rings (SSSR count). The van der Waals surface area contributed by atoms with E-state index in [1.165, 1.54) is 17.3 Å². The number of rotatable bonds is 2. The molecule has 0 radical (unpaired) electrons. The number of fused-ring (bicyclic) bond motifs is 1. The quantitative estimate of drug-likeness (QED) is 0.571. The number of allylic oxidation sites excluding steroid dienone is 1. The van der Waals surface area contributed by atoms with Gasteiger partial charge in [-0.05, 0) is 80.4 Å². The molecule has 0 spiro atoms. The van der Waals surface area contributed by atoms with Crippen LogP contribution in [0.4, 0.5) is 11.4 Å². The fraction of sp³-hybridized carbons (Fsp3) is 0.250. The summed E-state index contributed by atoms with van der Waals surface area (Å²) >= 11 is 7.95. The second kappa shape index (κ2) is 7.64. The van der Waals surface area contributed by atoms with E-state index in [0.29, 0.717) is 15.1 Å². The number of halogens is 1. The Morgan fingerprint density at radius 2 is 1.93 bits per heavy atom. The van der Waals surface area contributed by atoms with E-state index < -0.39 is 0 Å². The van der Waals surface area contributed by atoms with Crippen molar-refractivity contribution >= 4 is 57.5 Å². The van der Waals surface area contributed by atoms with Gasteiger partial charge in [-0.1, -0.05) is 35.9 Å². The Balaban J connectivity index is 1.68. The molecule has 0 aliphatic carbocycles. The predicted octanol–water partition coefficient (Wildman–Crippen LogP) is 6.17. The Hall–Kier alpha value is -2.50. The normalized spacial score (nSPS) is 20.4. The number of benzene rings is 2. The van der Waals surface area contributed by atoms with Crippen LogP contribution in [0.1, 0.15) is 37.5 Å². The summed E-state index contributed by atoms with van der Waals surface area (Å²) in [6, 6.07) is 11.9. The topological polar surface area (TPSA) is 44.7 Å². The first-order chi connectivity index (χ1) is 14.2. The van der Waals surface area contributed by atoms with Crippen LogP contribution >= 0.6 is 23.4 Å². The number of anilines is 1. The highest BCUT2D eigenvalue weighted by molar-refractivity contribution is 8.18. The summed E-state index contributed by atoms with van der Waals surface area (Å²) in [7, 11) is 2.07. The van der Waals surface area contributed by atoms with E-state index in [-0.39, 0.29) is 11.4 Å². The Labute approximate surface area is 186 Å². The molecule has 0 saturated carbocycles. The number of likely N-dealkylation sites (N-methyl/N-ethyl adjacent to an activating group) is 1. The second-order valence-electron chi connectivity index (χ2n) is 8.20. The summed E-state index contributed by atoms with van der Waals surface area (Å²) in [5.41, 5.74) is 6.08. The lowest BCUT2D eigenvalue weighted by molar-refractivity contribution is -0.115. The van der Waals surface area contributed by atoms with Gasteiger partial charge in [0.25, 0.3) is 5.91 Å². The number of aliphatic imine (C=N–C) groups is 1. The average molecular weight is 438 g/mol. The van der Waals surface area contributed by atoms with Gasteiger partial charge in [0.05, 0.1) is 16.1 Å². The van der Waals surface area contributed by atoms with Gasteiger partial charge in [0.2, 0.25) is 0 Å². The number of amidine groups is 1. The molecule has 0 atom stereocenters. The number of hydrogen-bond donors (Lipinski definition) is 1. The zero-order valence-corrected chi connectivity index (χ0v) is 19.3. The number of nitrogens with one attached hydrogen (secondary N) is 1. The molecule has 0 bridgehead atoms. The number of hydrogen-bond acceptors (Lipinski definition) is 4. The van der Waals surface area contributed by atoms with E-state index in [1.54, 1.807) is 0 Å². The van der Waals surface area contributed by atoms with Gasteiger partial charge in [-0.2, -0.15) is 0 Å². The number of para-hydroxylation sites is 1. The number of carbonyl (C=O) groups is 1. The minimum absolute atomic E-state index is 0.0808. The summed E-state index contributed by atoms with van der Waals surface area (Å²) in [4.78, 5) is 19.9. The van der Waals surface area contributed by atoms with E-state index in [9.17, 15) is 4.79 Å². The highest BCUT2D eigenvalue weighted by atomic mass is 35.5. The van der Waals surface area contributed by atoms with E-state index in [1.807, 2.05) is 43.3 Å². The van der Waals surface area contributed by atoms with Crippen LogP contribution < -0.4 is 10.2 Å². The van der Waals surface area contributed by atoms with Gasteiger partial charge in [-0.15, -0.1) is 0 Å². The molecule has 0 aromatic heterocycles. The van der Waals surface area contributed by atoms with Crippen molar-refractivity contribution in [1.82, 2.24) is 5.32 Å². The molecule has 2 aromatic rings. The summed E-state index contributed by atoms with van der Waals surface area (Å²) in [6.07, 6.45) is 4.10. The van der Waals surface area contributed by atoms with Crippen molar-refractivity contribution in [3.05, 3.63) is 69.1 Å². The molecule has 1 saturated heterocycles. The maximum absolute atomic E-state index is 12.5. The third kappa shape index (κ3) is 3.80. The second-order valence-corrected chi connectivity index (χ2v) is 9.64. The summed E-state index contributed by atoms with van der Waals surface area (Å²) < 4.78 is 0. The van der Waals surface area contributed by atoms with Crippen molar-refractivity contribution < 1.29 is 4.79 Å². The van der Waals surface area contributed by atoms with Gasteiger partial charge in [0, 0.05) is 23.3 Å². The van der Waals surface area contributed by atoms with Crippen molar-refractivity contribution in [3.8, 4) is 0 Å². The third-order valence-corrected chi connectivity index (χ3v) is 6.85. The maximum Gasteiger partial charge on any atom is 0.264 e. The van der Waals surface area contributed by atoms with Crippen LogP contribution in [0.5, 0.6) is 0 Å². The minimum atomic E-state index is -0.161. The molecule has 6 heteroatoms. The highest BCUT2D eigenvalue weighted by Crippen LogP contribution is 2.41. The molecular formula is C24H24ClN3OS. The van der Waals surface area contributed by atoms with Crippen LogP contribution in [0.15, 0.2) is 52.4 Å². The first-order valence-corrected chi connectivity index (χ1v) is 11.0. The van der Waals surface area contributed by atoms with E-state index in [4.69, 9.17) is 11.6 Å². The molecule has 2 aliphatic rings. The highest BCUT2D eigenvalue weighted by Gasteiger charge is 2.30. The van der Waals surface area contributed by atoms with Crippen LogP contribution in [0.3, 0.4) is 0 Å². The standard InChI is InChI=1S/C24H24ClN3OS/c1-14-8-6-7-9-19(14)26-23-27-22(29)21(30-23)11-16-10-17-15(2)13-24(3,4)28(5)20(17)12-18(16)25/h6-13H,1-5H3,(H,26,27,29)/b21-11-. The summed E-state index contributed by atoms with van der Waals surface area (Å²) in [5.74, 6) is -0.161. The lowest BCUT2D eigenvalue weighted by Crippen LogP contribution is -2.42. The molecule has 2 aliphatic heterocycles. The fourth-order valence-electron chi connectivity index (χ4n) is 3.72. The number of nitrogens with zero attached hydrogens (tertiary/aromatic N) is 2. The fourth-order valence-corrected chi connectivity index (χ4v) is 4.76. The van der Waals surface area contributed by atoms with Crippen LogP contribution in [-0.4, -0.2) is 23.7 Å². The molecule has 30 heavy (non-hydrogen) atoms. The summed E-state index contributed by atoms with van der Waals surface area (Å²) in [5, 5.41) is 4.05. The maximum atomic E-state index is 12.5. The molecule has 2 heterocycles. The van der Waals surface area contributed by atoms with Crippen LogP contribution in [-0.2, 0) is 4.79 Å². The first-order valence-electron chi connectivity index (χ1n) is 9.78. The molecule has 1 N–H and O–H groups in total. The van der Waals surface area contributed by atoms with Crippen LogP contribution in [0.2, 0.25) is 5.02 Å². The first kappa shape index (κ1) is 20.8. The van der Waals surface area contributed by atoms with E-state index in [0.717, 1.165) is 28.1 Å². The largest absolute Gasteiger partial charge is 0.365 e. The minimum Gasteiger partial charge on any atom is -0.365 e. The third-order valence-electron chi connectivity index (χ3n) is 5.61. The number of thioether (sulfide) groups is 1. The Morgan fingerprint density at radius 3 is 2.67 bits per heavy atom. The zero-order chi connectivity index (χ0) is 21.6. The van der Waals surface area contributed by atoms with Gasteiger partial charge in [0.15, 0.2) is 5.17 Å². The van der Waals surface area contributed by atoms with Gasteiger partial charge in [-0.25, -0.2) is 4.99 Å². The SMILES string of the molecule is CC1=CC(C)(C)N(C)c2cc(Cl)c(/C=C3\SC(=Nc4ccccc4C)NC3=O)cc21. The Bertz CT molecular complexity index is 1150. The lowest BCUT2D eigenvalue weighted by atomic mass is 9.88. The van der Waals surface area contributed by atoms with Crippen molar-refractivity contribution in [3.63, 3.8) is 0 Å². The van der Waals surface area contributed by atoms with Gasteiger partial charge >= 0.3 is 0 Å².